The van der Waals surface area contributed by atoms with Crippen molar-refractivity contribution in [2.45, 2.75) is 33.1 Å². The summed E-state index contributed by atoms with van der Waals surface area (Å²) >= 11 is 0. The molecular weight excluding hydrogens is 236 g/mol. The van der Waals surface area contributed by atoms with E-state index in [0.29, 0.717) is 12.1 Å². The molecule has 3 nitrogen and oxygen atoms in total. The Morgan fingerprint density at radius 1 is 1.26 bits per heavy atom. The van der Waals surface area contributed by atoms with Gasteiger partial charge in [-0.15, -0.1) is 0 Å². The minimum atomic E-state index is -0.0781. The zero-order chi connectivity index (χ0) is 14.0. The Kier molecular flexibility index (Phi) is 3.56. The standard InChI is InChI=1S/C16H20N2O/c1-5-17-15(19)12-10-14(16(2,3)4)18-13-9-7-6-8-11(12)13/h6-10H,5H2,1-4H3,(H,17,19). The summed E-state index contributed by atoms with van der Waals surface area (Å²) in [7, 11) is 0. The molecule has 1 N–H and O–H groups in total. The molecule has 3 heteroatoms. The number of amides is 1. The number of hydrogen-bond acceptors (Lipinski definition) is 2. The fraction of sp³-hybridized carbons (Fsp3) is 0.375. The molecule has 2 aromatic rings. The number of pyridine rings is 1. The van der Waals surface area contributed by atoms with Crippen molar-refractivity contribution in [2.24, 2.45) is 0 Å². The first-order valence-corrected chi connectivity index (χ1v) is 6.62. The first-order chi connectivity index (χ1) is 8.93. The van der Waals surface area contributed by atoms with Gasteiger partial charge in [0.1, 0.15) is 0 Å². The van der Waals surface area contributed by atoms with Crippen molar-refractivity contribution in [2.75, 3.05) is 6.54 Å². The second-order valence-corrected chi connectivity index (χ2v) is 5.68. The molecule has 1 aromatic carbocycles. The van der Waals surface area contributed by atoms with Gasteiger partial charge in [-0.1, -0.05) is 39.0 Å². The molecule has 0 aliphatic rings. The van der Waals surface area contributed by atoms with Crippen molar-refractivity contribution >= 4 is 16.8 Å². The molecule has 0 spiro atoms. The van der Waals surface area contributed by atoms with Crippen LogP contribution in [0.4, 0.5) is 0 Å². The highest BCUT2D eigenvalue weighted by Gasteiger charge is 2.20. The summed E-state index contributed by atoms with van der Waals surface area (Å²) in [4.78, 5) is 16.9. The van der Waals surface area contributed by atoms with Crippen molar-refractivity contribution in [3.8, 4) is 0 Å². The Balaban J connectivity index is 2.68. The summed E-state index contributed by atoms with van der Waals surface area (Å²) in [6.45, 7) is 8.86. The average Bonchev–Trinajstić information content (AvgIpc) is 2.36. The van der Waals surface area contributed by atoms with E-state index >= 15 is 0 Å². The predicted octanol–water partition coefficient (Wildman–Crippen LogP) is 3.28. The number of nitrogens with zero attached hydrogens (tertiary/aromatic N) is 1. The van der Waals surface area contributed by atoms with E-state index in [1.54, 1.807) is 0 Å². The Labute approximate surface area is 114 Å². The second-order valence-electron chi connectivity index (χ2n) is 5.68. The summed E-state index contributed by atoms with van der Waals surface area (Å²) in [5, 5.41) is 3.77. The second kappa shape index (κ2) is 5.00. The summed E-state index contributed by atoms with van der Waals surface area (Å²) in [5.74, 6) is -0.0356. The molecule has 100 valence electrons. The van der Waals surface area contributed by atoms with E-state index in [1.807, 2.05) is 37.3 Å². The molecule has 0 aliphatic carbocycles. The molecule has 1 heterocycles. The van der Waals surface area contributed by atoms with E-state index in [1.165, 1.54) is 0 Å². The van der Waals surface area contributed by atoms with E-state index in [2.05, 4.69) is 31.1 Å². The Morgan fingerprint density at radius 2 is 1.95 bits per heavy atom. The maximum atomic E-state index is 12.2. The molecule has 0 fully saturated rings. The Bertz CT molecular complexity index is 612. The van der Waals surface area contributed by atoms with Crippen LogP contribution in [0, 0.1) is 0 Å². The lowest BCUT2D eigenvalue weighted by Crippen LogP contribution is -2.24. The number of carbonyl (C=O) groups is 1. The number of nitrogens with one attached hydrogen (secondary N) is 1. The fourth-order valence-electron chi connectivity index (χ4n) is 2.00. The minimum absolute atomic E-state index is 0.0356. The van der Waals surface area contributed by atoms with Gasteiger partial charge in [0.05, 0.1) is 11.1 Å². The zero-order valence-electron chi connectivity index (χ0n) is 11.9. The number of carbonyl (C=O) groups excluding carboxylic acids is 1. The Morgan fingerprint density at radius 3 is 2.58 bits per heavy atom. The van der Waals surface area contributed by atoms with Gasteiger partial charge in [0.25, 0.3) is 5.91 Å². The van der Waals surface area contributed by atoms with Gasteiger partial charge < -0.3 is 5.32 Å². The normalized spacial score (nSPS) is 11.6. The van der Waals surface area contributed by atoms with Gasteiger partial charge in [-0.3, -0.25) is 9.78 Å². The monoisotopic (exact) mass is 256 g/mol. The first kappa shape index (κ1) is 13.5. The van der Waals surface area contributed by atoms with E-state index in [0.717, 1.165) is 16.6 Å². The van der Waals surface area contributed by atoms with Gasteiger partial charge >= 0.3 is 0 Å². The van der Waals surface area contributed by atoms with E-state index in [9.17, 15) is 4.79 Å². The highest BCUT2D eigenvalue weighted by molar-refractivity contribution is 6.06. The zero-order valence-corrected chi connectivity index (χ0v) is 11.9. The fourth-order valence-corrected chi connectivity index (χ4v) is 2.00. The lowest BCUT2D eigenvalue weighted by molar-refractivity contribution is 0.0957. The van der Waals surface area contributed by atoms with Gasteiger partial charge in [0.2, 0.25) is 0 Å². The predicted molar refractivity (Wildman–Crippen MR) is 78.5 cm³/mol. The number of benzene rings is 1. The van der Waals surface area contributed by atoms with Gasteiger partial charge in [-0.25, -0.2) is 0 Å². The third-order valence-corrected chi connectivity index (χ3v) is 3.07. The lowest BCUT2D eigenvalue weighted by Gasteiger charge is -2.19. The third kappa shape index (κ3) is 2.75. The number of aromatic nitrogens is 1. The molecular formula is C16H20N2O. The minimum Gasteiger partial charge on any atom is -0.352 e. The van der Waals surface area contributed by atoms with Crippen molar-refractivity contribution < 1.29 is 4.79 Å². The largest absolute Gasteiger partial charge is 0.352 e. The van der Waals surface area contributed by atoms with Crippen molar-refractivity contribution in [3.05, 3.63) is 41.6 Å². The van der Waals surface area contributed by atoms with Crippen LogP contribution in [0.5, 0.6) is 0 Å². The maximum absolute atomic E-state index is 12.2. The van der Waals surface area contributed by atoms with Crippen LogP contribution in [0.15, 0.2) is 30.3 Å². The van der Waals surface area contributed by atoms with E-state index < -0.39 is 0 Å². The smallest absolute Gasteiger partial charge is 0.252 e. The Hall–Kier alpha value is -1.90. The van der Waals surface area contributed by atoms with Gasteiger partial charge in [0.15, 0.2) is 0 Å². The number of fused-ring (bicyclic) bond motifs is 1. The SMILES string of the molecule is CCNC(=O)c1cc(C(C)(C)C)nc2ccccc12. The molecule has 2 rings (SSSR count). The summed E-state index contributed by atoms with van der Waals surface area (Å²) in [6, 6.07) is 9.69. The molecule has 0 atom stereocenters. The molecule has 0 unspecified atom stereocenters. The lowest BCUT2D eigenvalue weighted by atomic mass is 9.89. The molecule has 0 bridgehead atoms. The molecule has 0 aliphatic heterocycles. The summed E-state index contributed by atoms with van der Waals surface area (Å²) in [6.07, 6.45) is 0. The van der Waals surface area contributed by atoms with Gasteiger partial charge in [0, 0.05) is 23.0 Å². The van der Waals surface area contributed by atoms with Crippen molar-refractivity contribution in [1.29, 1.82) is 0 Å². The topological polar surface area (TPSA) is 42.0 Å². The van der Waals surface area contributed by atoms with Crippen molar-refractivity contribution in [1.82, 2.24) is 10.3 Å². The molecule has 1 amide bonds. The highest BCUT2D eigenvalue weighted by atomic mass is 16.1. The van der Waals surface area contributed by atoms with Crippen LogP contribution in [0.25, 0.3) is 10.9 Å². The van der Waals surface area contributed by atoms with Crippen LogP contribution >= 0.6 is 0 Å². The molecule has 1 aromatic heterocycles. The van der Waals surface area contributed by atoms with E-state index in [-0.39, 0.29) is 11.3 Å². The van der Waals surface area contributed by atoms with Crippen LogP contribution in [-0.2, 0) is 5.41 Å². The van der Waals surface area contributed by atoms with Gasteiger partial charge in [-0.2, -0.15) is 0 Å². The quantitative estimate of drug-likeness (QED) is 0.896. The average molecular weight is 256 g/mol. The highest BCUT2D eigenvalue weighted by Crippen LogP contribution is 2.26. The van der Waals surface area contributed by atoms with E-state index in [4.69, 9.17) is 0 Å². The van der Waals surface area contributed by atoms with Crippen LogP contribution in [-0.4, -0.2) is 17.4 Å². The summed E-state index contributed by atoms with van der Waals surface area (Å²) in [5.41, 5.74) is 2.44. The van der Waals surface area contributed by atoms with Crippen LogP contribution in [0.2, 0.25) is 0 Å². The molecule has 0 saturated carbocycles. The molecule has 0 saturated heterocycles. The third-order valence-electron chi connectivity index (χ3n) is 3.07. The maximum Gasteiger partial charge on any atom is 0.252 e. The van der Waals surface area contributed by atoms with Crippen molar-refractivity contribution in [3.63, 3.8) is 0 Å². The van der Waals surface area contributed by atoms with Crippen LogP contribution < -0.4 is 5.32 Å². The van der Waals surface area contributed by atoms with Crippen LogP contribution in [0.3, 0.4) is 0 Å². The number of para-hydroxylation sites is 1. The molecule has 0 radical (unpaired) electrons. The number of hydrogen-bond donors (Lipinski definition) is 1. The van der Waals surface area contributed by atoms with Gasteiger partial charge in [-0.05, 0) is 19.1 Å². The van der Waals surface area contributed by atoms with Crippen LogP contribution in [0.1, 0.15) is 43.7 Å². The molecule has 19 heavy (non-hydrogen) atoms. The number of rotatable bonds is 2. The summed E-state index contributed by atoms with van der Waals surface area (Å²) < 4.78 is 0. The first-order valence-electron chi connectivity index (χ1n) is 6.62.